The molecule has 1 amide bonds. The van der Waals surface area contributed by atoms with Gasteiger partial charge in [-0.05, 0) is 57.5 Å². The number of esters is 1. The first-order valence-corrected chi connectivity index (χ1v) is 11.4. The Hall–Kier alpha value is -3.13. The Balaban J connectivity index is 1.80. The molecule has 0 radical (unpaired) electrons. The zero-order chi connectivity index (χ0) is 24.7. The van der Waals surface area contributed by atoms with Crippen LogP contribution in [-0.2, 0) is 25.4 Å². The van der Waals surface area contributed by atoms with Crippen LogP contribution in [0.25, 0.3) is 0 Å². The van der Waals surface area contributed by atoms with Crippen molar-refractivity contribution in [3.8, 4) is 5.75 Å². The van der Waals surface area contributed by atoms with Crippen LogP contribution >= 0.6 is 0 Å². The second-order valence-electron chi connectivity index (χ2n) is 9.26. The van der Waals surface area contributed by atoms with Gasteiger partial charge in [-0.25, -0.2) is 14.0 Å². The van der Waals surface area contributed by atoms with Crippen LogP contribution in [0.15, 0.2) is 54.6 Å². The number of carbonyl (C=O) groups excluding carboxylic acids is 2. The average Bonchev–Trinajstić information content (AvgIpc) is 2.80. The molecule has 0 spiro atoms. The van der Waals surface area contributed by atoms with Crippen LogP contribution in [0.3, 0.4) is 0 Å². The monoisotopic (exact) mass is 473 g/mol. The van der Waals surface area contributed by atoms with Gasteiger partial charge in [-0.15, -0.1) is 0 Å². The van der Waals surface area contributed by atoms with E-state index in [0.717, 1.165) is 5.56 Å². The van der Waals surface area contributed by atoms with Gasteiger partial charge in [0.25, 0.3) is 0 Å². The van der Waals surface area contributed by atoms with E-state index < -0.39 is 42.0 Å². The number of cyclic esters (lactones) is 1. The Labute approximate surface area is 199 Å². The zero-order valence-corrected chi connectivity index (χ0v) is 20.0. The van der Waals surface area contributed by atoms with Gasteiger partial charge in [0.2, 0.25) is 0 Å². The second kappa shape index (κ2) is 11.3. The van der Waals surface area contributed by atoms with E-state index in [2.05, 4.69) is 5.32 Å². The van der Waals surface area contributed by atoms with Crippen molar-refractivity contribution in [2.45, 2.75) is 70.5 Å². The largest absolute Gasteiger partial charge is 0.484 e. The predicted octanol–water partition coefficient (Wildman–Crippen LogP) is 4.43. The predicted molar refractivity (Wildman–Crippen MR) is 124 cm³/mol. The molecule has 0 unspecified atom stereocenters. The van der Waals surface area contributed by atoms with Crippen molar-refractivity contribution in [1.29, 1.82) is 0 Å². The van der Waals surface area contributed by atoms with Crippen LogP contribution in [0.5, 0.6) is 5.75 Å². The molecule has 7 nitrogen and oxygen atoms in total. The number of para-hydroxylation sites is 1. The highest BCUT2D eigenvalue weighted by molar-refractivity contribution is 5.81. The molecule has 0 saturated carbocycles. The maximum absolute atomic E-state index is 13.4. The van der Waals surface area contributed by atoms with E-state index in [1.165, 1.54) is 12.1 Å². The zero-order valence-electron chi connectivity index (χ0n) is 20.0. The van der Waals surface area contributed by atoms with Gasteiger partial charge >= 0.3 is 12.1 Å². The SMILES string of the molecule is C[C@@H]1OC(=O)[C@@H](NC(=O)OC(C)(C)C)CCO[C@H](Cc2ccc(F)cc2)[C@H]1Oc1ccccc1. The summed E-state index contributed by atoms with van der Waals surface area (Å²) < 4.78 is 36.8. The van der Waals surface area contributed by atoms with Crippen LogP contribution in [0, 0.1) is 5.82 Å². The van der Waals surface area contributed by atoms with Crippen LogP contribution in [0.1, 0.15) is 39.7 Å². The van der Waals surface area contributed by atoms with Gasteiger partial charge in [0.15, 0.2) is 6.10 Å². The lowest BCUT2D eigenvalue weighted by molar-refractivity contribution is -0.157. The number of ether oxygens (including phenoxy) is 4. The van der Waals surface area contributed by atoms with Gasteiger partial charge in [-0.1, -0.05) is 30.3 Å². The van der Waals surface area contributed by atoms with Gasteiger partial charge in [0.05, 0.1) is 0 Å². The van der Waals surface area contributed by atoms with Crippen molar-refractivity contribution >= 4 is 12.1 Å². The van der Waals surface area contributed by atoms with E-state index in [9.17, 15) is 14.0 Å². The summed E-state index contributed by atoms with van der Waals surface area (Å²) >= 11 is 0. The molecule has 1 aliphatic rings. The number of hydrogen-bond donors (Lipinski definition) is 1. The number of benzene rings is 2. The maximum atomic E-state index is 13.4. The summed E-state index contributed by atoms with van der Waals surface area (Å²) in [5.41, 5.74) is 0.153. The topological polar surface area (TPSA) is 83.1 Å². The summed E-state index contributed by atoms with van der Waals surface area (Å²) in [6.07, 6.45) is -1.92. The lowest BCUT2D eigenvalue weighted by Gasteiger charge is -2.31. The Kier molecular flexibility index (Phi) is 8.50. The first-order chi connectivity index (χ1) is 16.1. The lowest BCUT2D eigenvalue weighted by Crippen LogP contribution is -2.47. The molecular weight excluding hydrogens is 441 g/mol. The highest BCUT2D eigenvalue weighted by Crippen LogP contribution is 2.23. The fourth-order valence-corrected chi connectivity index (χ4v) is 3.62. The van der Waals surface area contributed by atoms with Crippen molar-refractivity contribution in [3.05, 3.63) is 66.0 Å². The summed E-state index contributed by atoms with van der Waals surface area (Å²) in [7, 11) is 0. The van der Waals surface area contributed by atoms with Crippen LogP contribution in [-0.4, -0.2) is 48.6 Å². The molecule has 8 heteroatoms. The van der Waals surface area contributed by atoms with E-state index >= 15 is 0 Å². The molecule has 1 saturated heterocycles. The molecule has 1 fully saturated rings. The van der Waals surface area contributed by atoms with E-state index in [4.69, 9.17) is 18.9 Å². The number of amides is 1. The molecule has 2 aromatic rings. The molecule has 4 atom stereocenters. The van der Waals surface area contributed by atoms with Crippen LogP contribution in [0.2, 0.25) is 0 Å². The van der Waals surface area contributed by atoms with Crippen molar-refractivity contribution in [2.75, 3.05) is 6.61 Å². The second-order valence-corrected chi connectivity index (χ2v) is 9.26. The third kappa shape index (κ3) is 7.73. The van der Waals surface area contributed by atoms with Gasteiger partial charge in [0.1, 0.15) is 35.4 Å². The molecule has 1 aliphatic heterocycles. The Morgan fingerprint density at radius 3 is 2.44 bits per heavy atom. The van der Waals surface area contributed by atoms with E-state index in [1.54, 1.807) is 39.8 Å². The van der Waals surface area contributed by atoms with Gasteiger partial charge in [0, 0.05) is 19.4 Å². The smallest absolute Gasteiger partial charge is 0.408 e. The highest BCUT2D eigenvalue weighted by Gasteiger charge is 2.37. The van der Waals surface area contributed by atoms with Crippen molar-refractivity contribution in [1.82, 2.24) is 5.32 Å². The normalized spacial score (nSPS) is 23.6. The average molecular weight is 474 g/mol. The van der Waals surface area contributed by atoms with Gasteiger partial charge in [-0.2, -0.15) is 0 Å². The number of alkyl carbamates (subject to hydrolysis) is 1. The van der Waals surface area contributed by atoms with E-state index in [1.807, 2.05) is 30.3 Å². The van der Waals surface area contributed by atoms with Crippen LogP contribution in [0.4, 0.5) is 9.18 Å². The van der Waals surface area contributed by atoms with E-state index in [0.29, 0.717) is 12.2 Å². The molecule has 1 heterocycles. The number of carbonyl (C=O) groups is 2. The Bertz CT molecular complexity index is 944. The molecule has 2 aromatic carbocycles. The minimum atomic E-state index is -0.931. The molecule has 1 N–H and O–H groups in total. The molecule has 0 aliphatic carbocycles. The minimum Gasteiger partial charge on any atom is -0.484 e. The molecule has 3 rings (SSSR count). The third-order valence-corrected chi connectivity index (χ3v) is 5.21. The van der Waals surface area contributed by atoms with Crippen LogP contribution < -0.4 is 10.1 Å². The third-order valence-electron chi connectivity index (χ3n) is 5.21. The molecule has 34 heavy (non-hydrogen) atoms. The standard InChI is InChI=1S/C26H32FNO6/c1-17-23(33-20-8-6-5-7-9-20)22(16-18-10-12-19(27)13-11-18)31-15-14-21(24(29)32-17)28-25(30)34-26(2,3)4/h5-13,17,21-23H,14-16H2,1-4H3,(H,28,30)/t17-,21-,22+,23-/m0/s1. The Morgan fingerprint density at radius 1 is 1.12 bits per heavy atom. The van der Waals surface area contributed by atoms with Gasteiger partial charge < -0.3 is 24.3 Å². The van der Waals surface area contributed by atoms with E-state index in [-0.39, 0.29) is 18.8 Å². The Morgan fingerprint density at radius 2 is 1.79 bits per heavy atom. The minimum absolute atomic E-state index is 0.169. The summed E-state index contributed by atoms with van der Waals surface area (Å²) in [6.45, 7) is 7.12. The summed E-state index contributed by atoms with van der Waals surface area (Å²) in [5.74, 6) is -0.314. The molecule has 0 bridgehead atoms. The number of halogens is 1. The number of nitrogens with one attached hydrogen (secondary N) is 1. The quantitative estimate of drug-likeness (QED) is 0.647. The molecular formula is C26H32FNO6. The fourth-order valence-electron chi connectivity index (χ4n) is 3.62. The fraction of sp³-hybridized carbons (Fsp3) is 0.462. The summed E-state index contributed by atoms with van der Waals surface area (Å²) in [4.78, 5) is 25.1. The highest BCUT2D eigenvalue weighted by atomic mass is 19.1. The van der Waals surface area contributed by atoms with Crippen molar-refractivity contribution < 1.29 is 32.9 Å². The summed E-state index contributed by atoms with van der Waals surface area (Å²) in [6, 6.07) is 14.4. The van der Waals surface area contributed by atoms with Crippen molar-refractivity contribution in [2.24, 2.45) is 0 Å². The number of rotatable bonds is 5. The maximum Gasteiger partial charge on any atom is 0.408 e. The molecule has 0 aromatic heterocycles. The lowest BCUT2D eigenvalue weighted by atomic mass is 10.00. The van der Waals surface area contributed by atoms with Gasteiger partial charge in [-0.3, -0.25) is 0 Å². The summed E-state index contributed by atoms with van der Waals surface area (Å²) in [5, 5.41) is 2.58. The first kappa shape index (κ1) is 25.5. The number of hydrogen-bond acceptors (Lipinski definition) is 6. The van der Waals surface area contributed by atoms with Crippen molar-refractivity contribution in [3.63, 3.8) is 0 Å². The first-order valence-electron chi connectivity index (χ1n) is 11.4. The molecule has 184 valence electrons.